The highest BCUT2D eigenvalue weighted by Crippen LogP contribution is 2.19. The van der Waals surface area contributed by atoms with E-state index in [4.69, 9.17) is 10.5 Å². The van der Waals surface area contributed by atoms with E-state index in [-0.39, 0.29) is 17.8 Å². The quantitative estimate of drug-likeness (QED) is 0.630. The Bertz CT molecular complexity index is 357. The Balaban J connectivity index is 2.73. The Morgan fingerprint density at radius 3 is 2.35 bits per heavy atom. The van der Waals surface area contributed by atoms with Crippen molar-refractivity contribution in [1.29, 1.82) is 0 Å². The van der Waals surface area contributed by atoms with Crippen molar-refractivity contribution >= 4 is 11.7 Å². The lowest BCUT2D eigenvalue weighted by Crippen LogP contribution is -2.25. The lowest BCUT2D eigenvalue weighted by Gasteiger charge is -2.19. The summed E-state index contributed by atoms with van der Waals surface area (Å²) in [6.07, 6.45) is 0.705. The molecule has 0 aromatic heterocycles. The normalized spacial score (nSPS) is 12.5. The second-order valence-corrected chi connectivity index (χ2v) is 4.55. The molecule has 0 saturated carbocycles. The molecule has 3 nitrogen and oxygen atoms in total. The van der Waals surface area contributed by atoms with Crippen molar-refractivity contribution in [2.24, 2.45) is 11.8 Å². The number of carbonyl (C=O) groups excluding carboxylic acids is 1. The van der Waals surface area contributed by atoms with Gasteiger partial charge in [-0.1, -0.05) is 26.0 Å². The maximum absolute atomic E-state index is 11.8. The van der Waals surface area contributed by atoms with Crippen molar-refractivity contribution in [3.63, 3.8) is 0 Å². The number of carbonyl (C=O) groups is 1. The number of esters is 1. The Morgan fingerprint density at radius 2 is 1.88 bits per heavy atom. The summed E-state index contributed by atoms with van der Waals surface area (Å²) < 4.78 is 5.10. The van der Waals surface area contributed by atoms with Crippen LogP contribution in [-0.2, 0) is 16.0 Å². The zero-order chi connectivity index (χ0) is 12.8. The van der Waals surface area contributed by atoms with Gasteiger partial charge in [-0.25, -0.2) is 0 Å². The molecule has 0 aliphatic carbocycles. The molecule has 0 amide bonds. The molecule has 17 heavy (non-hydrogen) atoms. The van der Waals surface area contributed by atoms with Crippen molar-refractivity contribution in [2.75, 3.05) is 12.3 Å². The molecule has 1 rings (SSSR count). The molecule has 3 heteroatoms. The average molecular weight is 235 g/mol. The fourth-order valence-corrected chi connectivity index (χ4v) is 1.75. The summed E-state index contributed by atoms with van der Waals surface area (Å²) in [5.74, 6) is 0.0736. The minimum absolute atomic E-state index is 0.0847. The maximum atomic E-state index is 11.8. The van der Waals surface area contributed by atoms with Crippen LogP contribution in [0.5, 0.6) is 0 Å². The molecule has 0 saturated heterocycles. The van der Waals surface area contributed by atoms with Gasteiger partial charge in [0.25, 0.3) is 0 Å². The van der Waals surface area contributed by atoms with Crippen molar-refractivity contribution in [2.45, 2.75) is 27.2 Å². The first kappa shape index (κ1) is 13.6. The number of anilines is 1. The zero-order valence-electron chi connectivity index (χ0n) is 10.8. The number of ether oxygens (including phenoxy) is 1. The van der Waals surface area contributed by atoms with Crippen LogP contribution in [0, 0.1) is 11.8 Å². The van der Waals surface area contributed by atoms with Crippen LogP contribution in [0.15, 0.2) is 24.3 Å². The number of nitrogens with two attached hydrogens (primary N) is 1. The van der Waals surface area contributed by atoms with Gasteiger partial charge < -0.3 is 10.5 Å². The first-order valence-corrected chi connectivity index (χ1v) is 6.05. The molecule has 1 atom stereocenters. The van der Waals surface area contributed by atoms with Crippen LogP contribution in [0.2, 0.25) is 0 Å². The molecule has 0 spiro atoms. The Labute approximate surface area is 103 Å². The van der Waals surface area contributed by atoms with Crippen LogP contribution < -0.4 is 5.73 Å². The second kappa shape index (κ2) is 6.28. The van der Waals surface area contributed by atoms with Gasteiger partial charge in [-0.2, -0.15) is 0 Å². The molecular formula is C14H21NO2. The smallest absolute Gasteiger partial charge is 0.309 e. The Kier molecular flexibility index (Phi) is 5.01. The highest BCUT2D eigenvalue weighted by atomic mass is 16.5. The van der Waals surface area contributed by atoms with Crippen LogP contribution >= 0.6 is 0 Å². The van der Waals surface area contributed by atoms with E-state index < -0.39 is 0 Å². The zero-order valence-corrected chi connectivity index (χ0v) is 10.8. The molecule has 0 heterocycles. The predicted molar refractivity (Wildman–Crippen MR) is 69.5 cm³/mol. The van der Waals surface area contributed by atoms with Crippen LogP contribution in [-0.4, -0.2) is 12.6 Å². The molecule has 0 aliphatic heterocycles. The third-order valence-corrected chi connectivity index (χ3v) is 2.83. The summed E-state index contributed by atoms with van der Waals surface area (Å²) in [5, 5.41) is 0. The molecule has 94 valence electrons. The summed E-state index contributed by atoms with van der Waals surface area (Å²) in [5.41, 5.74) is 7.49. The first-order valence-electron chi connectivity index (χ1n) is 6.05. The van der Waals surface area contributed by atoms with E-state index in [2.05, 4.69) is 0 Å². The van der Waals surface area contributed by atoms with E-state index in [1.807, 2.05) is 45.0 Å². The highest BCUT2D eigenvalue weighted by molar-refractivity contribution is 5.73. The third-order valence-electron chi connectivity index (χ3n) is 2.83. The minimum Gasteiger partial charge on any atom is -0.466 e. The SMILES string of the molecule is CCOC(=O)C(Cc1ccc(N)cc1)C(C)C. The fourth-order valence-electron chi connectivity index (χ4n) is 1.75. The van der Waals surface area contributed by atoms with E-state index in [0.717, 1.165) is 11.3 Å². The van der Waals surface area contributed by atoms with E-state index in [0.29, 0.717) is 13.0 Å². The highest BCUT2D eigenvalue weighted by Gasteiger charge is 2.23. The molecule has 1 unspecified atom stereocenters. The minimum atomic E-state index is -0.112. The predicted octanol–water partition coefficient (Wildman–Crippen LogP) is 2.65. The lowest BCUT2D eigenvalue weighted by atomic mass is 9.89. The van der Waals surface area contributed by atoms with E-state index >= 15 is 0 Å². The molecular weight excluding hydrogens is 214 g/mol. The molecule has 1 aromatic carbocycles. The standard InChI is InChI=1S/C14H21NO2/c1-4-17-14(16)13(10(2)3)9-11-5-7-12(15)8-6-11/h5-8,10,13H,4,9,15H2,1-3H3. The van der Waals surface area contributed by atoms with Crippen LogP contribution in [0.4, 0.5) is 5.69 Å². The third kappa shape index (κ3) is 4.10. The summed E-state index contributed by atoms with van der Waals surface area (Å²) in [7, 11) is 0. The Morgan fingerprint density at radius 1 is 1.29 bits per heavy atom. The summed E-state index contributed by atoms with van der Waals surface area (Å²) >= 11 is 0. The molecule has 0 aliphatic rings. The van der Waals surface area contributed by atoms with Crippen molar-refractivity contribution in [3.05, 3.63) is 29.8 Å². The van der Waals surface area contributed by atoms with Gasteiger partial charge in [0.1, 0.15) is 0 Å². The van der Waals surface area contributed by atoms with Crippen molar-refractivity contribution in [1.82, 2.24) is 0 Å². The number of rotatable bonds is 5. The molecule has 1 aromatic rings. The van der Waals surface area contributed by atoms with Gasteiger partial charge in [-0.3, -0.25) is 4.79 Å². The summed E-state index contributed by atoms with van der Waals surface area (Å²) in [6.45, 7) is 6.35. The molecule has 0 fully saturated rings. The maximum Gasteiger partial charge on any atom is 0.309 e. The second-order valence-electron chi connectivity index (χ2n) is 4.55. The monoisotopic (exact) mass is 235 g/mol. The van der Waals surface area contributed by atoms with Gasteiger partial charge in [0.15, 0.2) is 0 Å². The fraction of sp³-hybridized carbons (Fsp3) is 0.500. The number of hydrogen-bond donors (Lipinski definition) is 1. The van der Waals surface area contributed by atoms with Gasteiger partial charge in [-0.15, -0.1) is 0 Å². The van der Waals surface area contributed by atoms with Gasteiger partial charge in [0.05, 0.1) is 12.5 Å². The van der Waals surface area contributed by atoms with E-state index in [1.54, 1.807) is 0 Å². The summed E-state index contributed by atoms with van der Waals surface area (Å²) in [4.78, 5) is 11.8. The van der Waals surface area contributed by atoms with Gasteiger partial charge in [0.2, 0.25) is 0 Å². The summed E-state index contributed by atoms with van der Waals surface area (Å²) in [6, 6.07) is 7.64. The van der Waals surface area contributed by atoms with Crippen molar-refractivity contribution in [3.8, 4) is 0 Å². The lowest BCUT2D eigenvalue weighted by molar-refractivity contribution is -0.149. The van der Waals surface area contributed by atoms with Gasteiger partial charge >= 0.3 is 5.97 Å². The molecule has 2 N–H and O–H groups in total. The average Bonchev–Trinajstić information content (AvgIpc) is 2.28. The van der Waals surface area contributed by atoms with Crippen LogP contribution in [0.3, 0.4) is 0 Å². The van der Waals surface area contributed by atoms with Crippen LogP contribution in [0.1, 0.15) is 26.3 Å². The number of nitrogen functional groups attached to an aromatic ring is 1. The molecule has 0 bridgehead atoms. The van der Waals surface area contributed by atoms with Gasteiger partial charge in [-0.05, 0) is 37.0 Å². The van der Waals surface area contributed by atoms with E-state index in [1.165, 1.54) is 0 Å². The van der Waals surface area contributed by atoms with E-state index in [9.17, 15) is 4.79 Å². The van der Waals surface area contributed by atoms with Crippen molar-refractivity contribution < 1.29 is 9.53 Å². The topological polar surface area (TPSA) is 52.3 Å². The van der Waals surface area contributed by atoms with Gasteiger partial charge in [0, 0.05) is 5.69 Å². The first-order chi connectivity index (χ1) is 8.04. The number of hydrogen-bond acceptors (Lipinski definition) is 3. The Hall–Kier alpha value is -1.51. The number of benzene rings is 1. The largest absolute Gasteiger partial charge is 0.466 e. The van der Waals surface area contributed by atoms with Crippen LogP contribution in [0.25, 0.3) is 0 Å². The molecule has 0 radical (unpaired) electrons.